The van der Waals surface area contributed by atoms with Gasteiger partial charge < -0.3 is 14.5 Å². The predicted molar refractivity (Wildman–Crippen MR) is 152 cm³/mol. The van der Waals surface area contributed by atoms with E-state index in [1.165, 1.54) is 16.3 Å². The monoisotopic (exact) mass is 535 g/mol. The van der Waals surface area contributed by atoms with Gasteiger partial charge in [-0.25, -0.2) is 9.78 Å². The molecule has 1 aromatic heterocycles. The van der Waals surface area contributed by atoms with Crippen molar-refractivity contribution in [2.24, 2.45) is 0 Å². The first kappa shape index (κ1) is 27.6. The molecule has 2 aromatic carbocycles. The lowest BCUT2D eigenvalue weighted by atomic mass is 10.00. The highest BCUT2D eigenvalue weighted by atomic mass is 35.5. The van der Waals surface area contributed by atoms with E-state index in [1.54, 1.807) is 28.1 Å². The van der Waals surface area contributed by atoms with E-state index < -0.39 is 0 Å². The van der Waals surface area contributed by atoms with Crippen molar-refractivity contribution in [1.29, 1.82) is 0 Å². The molecule has 0 bridgehead atoms. The van der Waals surface area contributed by atoms with E-state index in [-0.39, 0.29) is 24.3 Å². The number of likely N-dealkylation sites (N-methyl/N-ethyl adjacent to an activating group) is 1. The zero-order chi connectivity index (χ0) is 25.8. The SMILES string of the molecule is Cc1ccc(CN(C)C(=O)C=Cc2cnc3c(c2)CN(CCN2CCOCC2)C(=O)N3)c2ccccc12.Cl. The summed E-state index contributed by atoms with van der Waals surface area (Å²) < 4.78 is 5.40. The first-order valence-electron chi connectivity index (χ1n) is 12.7. The van der Waals surface area contributed by atoms with Crippen molar-refractivity contribution in [1.82, 2.24) is 19.7 Å². The number of morpholine rings is 1. The van der Waals surface area contributed by atoms with Crippen LogP contribution in [-0.4, -0.2) is 78.1 Å². The molecule has 0 saturated carbocycles. The van der Waals surface area contributed by atoms with Crippen LogP contribution in [0.3, 0.4) is 0 Å². The molecule has 0 aliphatic carbocycles. The number of rotatable bonds is 7. The second kappa shape index (κ2) is 12.4. The Hall–Kier alpha value is -3.46. The minimum atomic E-state index is -0.128. The maximum atomic E-state index is 12.9. The number of carbonyl (C=O) groups excluding carboxylic acids is 2. The molecule has 0 spiro atoms. The summed E-state index contributed by atoms with van der Waals surface area (Å²) in [6, 6.07) is 14.3. The molecule has 3 amide bonds. The molecule has 200 valence electrons. The number of aromatic nitrogens is 1. The first-order valence-corrected chi connectivity index (χ1v) is 12.7. The molecule has 1 N–H and O–H groups in total. The molecule has 0 unspecified atom stereocenters. The van der Waals surface area contributed by atoms with Crippen molar-refractivity contribution in [3.8, 4) is 0 Å². The predicted octanol–water partition coefficient (Wildman–Crippen LogP) is 4.32. The van der Waals surface area contributed by atoms with Crippen molar-refractivity contribution in [2.45, 2.75) is 20.0 Å². The first-order chi connectivity index (χ1) is 18.0. The molecule has 2 aliphatic rings. The number of anilines is 1. The average molecular weight is 536 g/mol. The Bertz CT molecular complexity index is 1340. The number of ether oxygens (including phenoxy) is 1. The fraction of sp³-hybridized carbons (Fsp3) is 0.345. The van der Waals surface area contributed by atoms with Gasteiger partial charge in [-0.1, -0.05) is 36.4 Å². The molecule has 3 heterocycles. The lowest BCUT2D eigenvalue weighted by Gasteiger charge is -2.32. The number of halogens is 1. The lowest BCUT2D eigenvalue weighted by molar-refractivity contribution is -0.125. The van der Waals surface area contributed by atoms with E-state index in [0.29, 0.717) is 25.5 Å². The van der Waals surface area contributed by atoms with E-state index in [2.05, 4.69) is 46.4 Å². The molecular weight excluding hydrogens is 502 g/mol. The van der Waals surface area contributed by atoms with E-state index in [0.717, 1.165) is 49.5 Å². The molecule has 8 nitrogen and oxygen atoms in total. The number of hydrogen-bond donors (Lipinski definition) is 1. The van der Waals surface area contributed by atoms with Gasteiger partial charge in [-0.05, 0) is 46.5 Å². The van der Waals surface area contributed by atoms with Crippen LogP contribution >= 0.6 is 12.4 Å². The Morgan fingerprint density at radius 1 is 1.13 bits per heavy atom. The highest BCUT2D eigenvalue weighted by Gasteiger charge is 2.24. The van der Waals surface area contributed by atoms with Crippen LogP contribution in [0.25, 0.3) is 16.8 Å². The van der Waals surface area contributed by atoms with Crippen LogP contribution in [-0.2, 0) is 22.6 Å². The summed E-state index contributed by atoms with van der Waals surface area (Å²) in [6.45, 7) is 7.85. The average Bonchev–Trinajstić information content (AvgIpc) is 2.92. The van der Waals surface area contributed by atoms with Gasteiger partial charge in [0.1, 0.15) is 5.82 Å². The second-order valence-electron chi connectivity index (χ2n) is 9.70. The number of amides is 3. The fourth-order valence-corrected chi connectivity index (χ4v) is 4.86. The maximum Gasteiger partial charge on any atom is 0.323 e. The van der Waals surface area contributed by atoms with Gasteiger partial charge in [0, 0.05) is 57.6 Å². The van der Waals surface area contributed by atoms with E-state index in [4.69, 9.17) is 4.74 Å². The van der Waals surface area contributed by atoms with Crippen LogP contribution in [0.15, 0.2) is 54.7 Å². The molecule has 9 heteroatoms. The van der Waals surface area contributed by atoms with Crippen LogP contribution in [0.4, 0.5) is 10.6 Å². The number of nitrogens with zero attached hydrogens (tertiary/aromatic N) is 4. The zero-order valence-corrected chi connectivity index (χ0v) is 22.7. The third kappa shape index (κ3) is 6.32. The van der Waals surface area contributed by atoms with E-state index >= 15 is 0 Å². The van der Waals surface area contributed by atoms with Crippen molar-refractivity contribution in [3.63, 3.8) is 0 Å². The van der Waals surface area contributed by atoms with Gasteiger partial charge in [0.25, 0.3) is 0 Å². The largest absolute Gasteiger partial charge is 0.379 e. The standard InChI is InChI=1S/C29H33N5O3.ClH/c1-21-7-9-23(26-6-4-3-5-25(21)26)19-32(2)27(35)10-8-22-17-24-20-34(29(36)31-28(24)30-18-22)12-11-33-13-15-37-16-14-33;/h3-10,17-18H,11-16,19-20H2,1-2H3,(H,30,31,36);1H. The molecule has 38 heavy (non-hydrogen) atoms. The Labute approximate surface area is 229 Å². The number of pyridine rings is 1. The van der Waals surface area contributed by atoms with Crippen LogP contribution < -0.4 is 5.32 Å². The summed E-state index contributed by atoms with van der Waals surface area (Å²) in [6.07, 6.45) is 5.05. The molecule has 0 radical (unpaired) electrons. The van der Waals surface area contributed by atoms with Crippen LogP contribution in [0, 0.1) is 6.92 Å². The summed E-state index contributed by atoms with van der Waals surface area (Å²) in [5.74, 6) is 0.502. The topological polar surface area (TPSA) is 78.0 Å². The Morgan fingerprint density at radius 2 is 1.89 bits per heavy atom. The number of hydrogen-bond acceptors (Lipinski definition) is 5. The van der Waals surface area contributed by atoms with Gasteiger partial charge in [0.2, 0.25) is 5.91 Å². The van der Waals surface area contributed by atoms with E-state index in [1.807, 2.05) is 25.2 Å². The Kier molecular flexibility index (Phi) is 8.99. The quantitative estimate of drug-likeness (QED) is 0.456. The summed E-state index contributed by atoms with van der Waals surface area (Å²) in [7, 11) is 1.81. The summed E-state index contributed by atoms with van der Waals surface area (Å²) in [5, 5.41) is 5.27. The van der Waals surface area contributed by atoms with Gasteiger partial charge in [-0.2, -0.15) is 0 Å². The second-order valence-corrected chi connectivity index (χ2v) is 9.70. The molecule has 5 rings (SSSR count). The zero-order valence-electron chi connectivity index (χ0n) is 21.9. The van der Waals surface area contributed by atoms with Crippen molar-refractivity contribution in [3.05, 3.63) is 77.0 Å². The van der Waals surface area contributed by atoms with Gasteiger partial charge in [-0.3, -0.25) is 15.0 Å². The smallest absolute Gasteiger partial charge is 0.323 e. The van der Waals surface area contributed by atoms with Gasteiger partial charge in [0.05, 0.1) is 19.8 Å². The van der Waals surface area contributed by atoms with E-state index in [9.17, 15) is 9.59 Å². The number of nitrogens with one attached hydrogen (secondary N) is 1. The lowest BCUT2D eigenvalue weighted by Crippen LogP contribution is -2.45. The van der Waals surface area contributed by atoms with Crippen LogP contribution in [0.5, 0.6) is 0 Å². The molecule has 1 saturated heterocycles. The normalized spacial score (nSPS) is 15.7. The van der Waals surface area contributed by atoms with Crippen LogP contribution in [0.1, 0.15) is 22.3 Å². The van der Waals surface area contributed by atoms with Gasteiger partial charge >= 0.3 is 6.03 Å². The summed E-state index contributed by atoms with van der Waals surface area (Å²) >= 11 is 0. The number of fused-ring (bicyclic) bond motifs is 2. The molecular formula is C29H34ClN5O3. The fourth-order valence-electron chi connectivity index (χ4n) is 4.86. The van der Waals surface area contributed by atoms with Crippen molar-refractivity contribution < 1.29 is 14.3 Å². The highest BCUT2D eigenvalue weighted by Crippen LogP contribution is 2.24. The highest BCUT2D eigenvalue weighted by molar-refractivity contribution is 5.93. The van der Waals surface area contributed by atoms with Gasteiger partial charge in [-0.15, -0.1) is 12.4 Å². The molecule has 2 aliphatic heterocycles. The number of carbonyl (C=O) groups is 2. The molecule has 3 aromatic rings. The number of aryl methyl sites for hydroxylation is 1. The molecule has 1 fully saturated rings. The third-order valence-electron chi connectivity index (χ3n) is 7.09. The summed E-state index contributed by atoms with van der Waals surface area (Å²) in [4.78, 5) is 35.7. The summed E-state index contributed by atoms with van der Waals surface area (Å²) in [5.41, 5.74) is 4.11. The van der Waals surface area contributed by atoms with Crippen LogP contribution in [0.2, 0.25) is 0 Å². The van der Waals surface area contributed by atoms with Gasteiger partial charge in [0.15, 0.2) is 0 Å². The Morgan fingerprint density at radius 3 is 2.68 bits per heavy atom. The Balaban J connectivity index is 0.00000336. The third-order valence-corrected chi connectivity index (χ3v) is 7.09. The minimum absolute atomic E-state index is 0. The number of urea groups is 1. The van der Waals surface area contributed by atoms with Crippen molar-refractivity contribution >= 4 is 47.0 Å². The number of benzene rings is 2. The minimum Gasteiger partial charge on any atom is -0.379 e. The maximum absolute atomic E-state index is 12.9. The van der Waals surface area contributed by atoms with Crippen molar-refractivity contribution in [2.75, 3.05) is 51.8 Å². The molecule has 0 atom stereocenters.